The van der Waals surface area contributed by atoms with Crippen LogP contribution in [0.4, 0.5) is 0 Å². The van der Waals surface area contributed by atoms with Gasteiger partial charge in [-0.1, -0.05) is 17.8 Å². The van der Waals surface area contributed by atoms with Crippen LogP contribution in [0.5, 0.6) is 5.75 Å². The average molecular weight is 343 g/mol. The van der Waals surface area contributed by atoms with E-state index in [0.29, 0.717) is 6.61 Å². The highest BCUT2D eigenvalue weighted by Crippen LogP contribution is 2.20. The molecule has 1 aromatic heterocycles. The van der Waals surface area contributed by atoms with Gasteiger partial charge in [0.25, 0.3) is 5.91 Å². The summed E-state index contributed by atoms with van der Waals surface area (Å²) >= 11 is 1.40. The largest absolute Gasteiger partial charge is 0.494 e. The standard InChI is InChI=1S/C18H21N3O2S/c1-4-23-16-10-8-15(9-11-16)13(2)20-21-18(22)14(3)24-17-7-5-6-12-19-17/h5-12,14H,4H2,1-3H3,(H,21,22)/b20-13-/t14-/m1/s1. The second kappa shape index (κ2) is 9.08. The molecule has 0 unspecified atom stereocenters. The van der Waals surface area contributed by atoms with Crippen LogP contribution in [0.1, 0.15) is 26.3 Å². The number of nitrogens with one attached hydrogen (secondary N) is 1. The van der Waals surface area contributed by atoms with Crippen molar-refractivity contribution in [2.75, 3.05) is 6.61 Å². The lowest BCUT2D eigenvalue weighted by Gasteiger charge is -2.09. The molecule has 126 valence electrons. The molecule has 6 heteroatoms. The van der Waals surface area contributed by atoms with Crippen molar-refractivity contribution in [3.05, 3.63) is 54.2 Å². The number of hydrazone groups is 1. The van der Waals surface area contributed by atoms with E-state index in [2.05, 4.69) is 15.5 Å². The van der Waals surface area contributed by atoms with Crippen molar-refractivity contribution < 1.29 is 9.53 Å². The summed E-state index contributed by atoms with van der Waals surface area (Å²) in [7, 11) is 0. The Labute approximate surface area is 146 Å². The van der Waals surface area contributed by atoms with Crippen LogP contribution >= 0.6 is 11.8 Å². The molecular formula is C18H21N3O2S. The van der Waals surface area contributed by atoms with Crippen LogP contribution in [0.15, 0.2) is 58.8 Å². The van der Waals surface area contributed by atoms with Crippen LogP contribution in [0.25, 0.3) is 0 Å². The lowest BCUT2D eigenvalue weighted by Crippen LogP contribution is -2.27. The van der Waals surface area contributed by atoms with Crippen molar-refractivity contribution >= 4 is 23.4 Å². The number of amides is 1. The number of rotatable bonds is 7. The number of ether oxygens (including phenoxy) is 1. The molecule has 2 aromatic rings. The molecule has 1 atom stereocenters. The van der Waals surface area contributed by atoms with Gasteiger partial charge in [0, 0.05) is 6.20 Å². The minimum Gasteiger partial charge on any atom is -0.494 e. The van der Waals surface area contributed by atoms with Gasteiger partial charge in [0.15, 0.2) is 0 Å². The summed E-state index contributed by atoms with van der Waals surface area (Å²) in [6.07, 6.45) is 1.71. The number of thioether (sulfide) groups is 1. The lowest BCUT2D eigenvalue weighted by molar-refractivity contribution is -0.120. The molecule has 0 aliphatic rings. The molecule has 2 rings (SSSR count). The van der Waals surface area contributed by atoms with E-state index in [1.54, 1.807) is 6.20 Å². The fraction of sp³-hybridized carbons (Fsp3) is 0.278. The smallest absolute Gasteiger partial charge is 0.253 e. The zero-order valence-electron chi connectivity index (χ0n) is 14.0. The Morgan fingerprint density at radius 3 is 2.67 bits per heavy atom. The Hall–Kier alpha value is -2.34. The number of hydrogen-bond acceptors (Lipinski definition) is 5. The van der Waals surface area contributed by atoms with Crippen LogP contribution in [0, 0.1) is 0 Å². The summed E-state index contributed by atoms with van der Waals surface area (Å²) in [5, 5.41) is 4.71. The lowest BCUT2D eigenvalue weighted by atomic mass is 10.1. The highest BCUT2D eigenvalue weighted by atomic mass is 32.2. The molecule has 0 saturated carbocycles. The molecule has 24 heavy (non-hydrogen) atoms. The Morgan fingerprint density at radius 2 is 2.04 bits per heavy atom. The van der Waals surface area contributed by atoms with E-state index < -0.39 is 0 Å². The Balaban J connectivity index is 1.92. The molecule has 0 aliphatic carbocycles. The predicted octanol–water partition coefficient (Wildman–Crippen LogP) is 3.50. The van der Waals surface area contributed by atoms with E-state index in [4.69, 9.17) is 4.74 Å². The molecular weight excluding hydrogens is 322 g/mol. The van der Waals surface area contributed by atoms with Crippen LogP contribution in [-0.2, 0) is 4.79 Å². The number of aromatic nitrogens is 1. The van der Waals surface area contributed by atoms with E-state index in [1.165, 1.54) is 11.8 Å². The Kier molecular flexibility index (Phi) is 6.81. The minimum absolute atomic E-state index is 0.157. The number of carbonyl (C=O) groups is 1. The van der Waals surface area contributed by atoms with E-state index in [1.807, 2.05) is 63.2 Å². The van der Waals surface area contributed by atoms with Crippen molar-refractivity contribution in [3.8, 4) is 5.75 Å². The maximum atomic E-state index is 12.1. The molecule has 0 saturated heterocycles. The molecule has 0 bridgehead atoms. The summed E-state index contributed by atoms with van der Waals surface area (Å²) < 4.78 is 5.41. The summed E-state index contributed by atoms with van der Waals surface area (Å²) in [6, 6.07) is 13.2. The first kappa shape index (κ1) is 18.0. The second-order valence-electron chi connectivity index (χ2n) is 5.06. The van der Waals surface area contributed by atoms with Crippen molar-refractivity contribution in [1.82, 2.24) is 10.4 Å². The number of hydrogen-bond donors (Lipinski definition) is 1. The third-order valence-corrected chi connectivity index (χ3v) is 4.27. The highest BCUT2D eigenvalue weighted by molar-refractivity contribution is 8.00. The Morgan fingerprint density at radius 1 is 1.29 bits per heavy atom. The maximum absolute atomic E-state index is 12.1. The normalized spacial score (nSPS) is 12.5. The van der Waals surface area contributed by atoms with Gasteiger partial charge in [0.1, 0.15) is 5.75 Å². The molecule has 0 aliphatic heterocycles. The zero-order valence-corrected chi connectivity index (χ0v) is 14.8. The zero-order chi connectivity index (χ0) is 17.4. The molecule has 0 spiro atoms. The number of nitrogens with zero attached hydrogens (tertiary/aromatic N) is 2. The molecule has 1 aromatic carbocycles. The first-order valence-electron chi connectivity index (χ1n) is 7.75. The third-order valence-electron chi connectivity index (χ3n) is 3.22. The van der Waals surface area contributed by atoms with Gasteiger partial charge in [-0.25, -0.2) is 10.4 Å². The minimum atomic E-state index is -0.281. The SMILES string of the molecule is CCOc1ccc(/C(C)=N\NC(=O)[C@@H](C)Sc2ccccn2)cc1. The Bertz CT molecular complexity index is 687. The van der Waals surface area contributed by atoms with E-state index in [9.17, 15) is 4.79 Å². The summed E-state index contributed by atoms with van der Waals surface area (Å²) in [6.45, 7) is 6.26. The quantitative estimate of drug-likeness (QED) is 0.475. The third kappa shape index (κ3) is 5.38. The predicted molar refractivity (Wildman–Crippen MR) is 97.5 cm³/mol. The summed E-state index contributed by atoms with van der Waals surface area (Å²) in [5.41, 5.74) is 4.28. The van der Waals surface area contributed by atoms with Crippen molar-refractivity contribution in [1.29, 1.82) is 0 Å². The van der Waals surface area contributed by atoms with Crippen LogP contribution in [-0.4, -0.2) is 28.5 Å². The summed E-state index contributed by atoms with van der Waals surface area (Å²) in [5.74, 6) is 0.661. The van der Waals surface area contributed by atoms with Crippen LogP contribution in [0.2, 0.25) is 0 Å². The molecule has 0 radical (unpaired) electrons. The van der Waals surface area contributed by atoms with Crippen molar-refractivity contribution in [2.45, 2.75) is 31.0 Å². The van der Waals surface area contributed by atoms with Gasteiger partial charge >= 0.3 is 0 Å². The van der Waals surface area contributed by atoms with Gasteiger partial charge in [0.05, 0.1) is 22.6 Å². The van der Waals surface area contributed by atoms with E-state index in [-0.39, 0.29) is 11.2 Å². The monoisotopic (exact) mass is 343 g/mol. The van der Waals surface area contributed by atoms with Gasteiger partial charge in [-0.2, -0.15) is 5.10 Å². The molecule has 1 heterocycles. The number of carbonyl (C=O) groups excluding carboxylic acids is 1. The van der Waals surface area contributed by atoms with Gasteiger partial charge < -0.3 is 4.74 Å². The van der Waals surface area contributed by atoms with Gasteiger partial charge in [0.2, 0.25) is 0 Å². The summed E-state index contributed by atoms with van der Waals surface area (Å²) in [4.78, 5) is 16.3. The molecule has 1 amide bonds. The first-order valence-corrected chi connectivity index (χ1v) is 8.63. The van der Waals surface area contributed by atoms with E-state index >= 15 is 0 Å². The van der Waals surface area contributed by atoms with Crippen molar-refractivity contribution in [3.63, 3.8) is 0 Å². The van der Waals surface area contributed by atoms with Gasteiger partial charge in [-0.15, -0.1) is 0 Å². The molecule has 5 nitrogen and oxygen atoms in total. The highest BCUT2D eigenvalue weighted by Gasteiger charge is 2.14. The first-order chi connectivity index (χ1) is 11.6. The molecule has 0 fully saturated rings. The van der Waals surface area contributed by atoms with Crippen LogP contribution in [0.3, 0.4) is 0 Å². The molecule has 1 N–H and O–H groups in total. The van der Waals surface area contributed by atoms with E-state index in [0.717, 1.165) is 22.1 Å². The van der Waals surface area contributed by atoms with Gasteiger partial charge in [-0.3, -0.25) is 4.79 Å². The number of benzene rings is 1. The fourth-order valence-electron chi connectivity index (χ4n) is 1.90. The second-order valence-corrected chi connectivity index (χ2v) is 6.42. The topological polar surface area (TPSA) is 63.6 Å². The van der Waals surface area contributed by atoms with Gasteiger partial charge in [-0.05, 0) is 62.7 Å². The maximum Gasteiger partial charge on any atom is 0.253 e. The average Bonchev–Trinajstić information content (AvgIpc) is 2.61. The number of pyridine rings is 1. The van der Waals surface area contributed by atoms with Crippen LogP contribution < -0.4 is 10.2 Å². The fourth-order valence-corrected chi connectivity index (χ4v) is 2.71. The van der Waals surface area contributed by atoms with Crippen molar-refractivity contribution in [2.24, 2.45) is 5.10 Å².